The second-order valence-electron chi connectivity index (χ2n) is 5.83. The second kappa shape index (κ2) is 8.58. The number of esters is 1. The fourth-order valence-electron chi connectivity index (χ4n) is 2.56. The molecule has 0 radical (unpaired) electrons. The van der Waals surface area contributed by atoms with Crippen LogP contribution in [0.1, 0.15) is 30.1 Å². The Labute approximate surface area is 156 Å². The Balaban J connectivity index is 1.81. The van der Waals surface area contributed by atoms with E-state index in [2.05, 4.69) is 10.3 Å². The number of fused-ring (bicyclic) bond motifs is 1. The lowest BCUT2D eigenvalue weighted by atomic mass is 10.1. The number of nitrogens with one attached hydrogen (secondary N) is 1. The summed E-state index contributed by atoms with van der Waals surface area (Å²) < 4.78 is 5.23. The number of pyridine rings is 1. The van der Waals surface area contributed by atoms with Crippen LogP contribution in [0.3, 0.4) is 0 Å². The average molecular weight is 368 g/mol. The van der Waals surface area contributed by atoms with Crippen molar-refractivity contribution in [2.75, 3.05) is 13.2 Å². The van der Waals surface area contributed by atoms with E-state index in [0.717, 1.165) is 28.9 Å². The number of carbonyl (C=O) groups excluding carboxylic acids is 2. The van der Waals surface area contributed by atoms with Crippen LogP contribution >= 0.6 is 11.3 Å². The van der Waals surface area contributed by atoms with Gasteiger partial charge in [-0.2, -0.15) is 0 Å². The Hall–Kier alpha value is -2.73. The molecule has 1 aromatic carbocycles. The number of amides is 1. The molecule has 1 amide bonds. The third kappa shape index (κ3) is 4.26. The molecule has 0 aliphatic carbocycles. The Morgan fingerprint density at radius 1 is 1.19 bits per heavy atom. The fraction of sp³-hybridized carbons (Fsp3) is 0.250. The molecule has 3 aromatic rings. The molecule has 2 aromatic heterocycles. The van der Waals surface area contributed by atoms with Gasteiger partial charge in [-0.3, -0.25) is 4.79 Å². The van der Waals surface area contributed by atoms with Gasteiger partial charge < -0.3 is 10.1 Å². The van der Waals surface area contributed by atoms with Crippen molar-refractivity contribution >= 4 is 34.1 Å². The van der Waals surface area contributed by atoms with Crippen molar-refractivity contribution in [1.29, 1.82) is 0 Å². The highest BCUT2D eigenvalue weighted by molar-refractivity contribution is 7.13. The van der Waals surface area contributed by atoms with Crippen LogP contribution < -0.4 is 5.32 Å². The van der Waals surface area contributed by atoms with Crippen LogP contribution in [0.4, 0.5) is 0 Å². The molecule has 26 heavy (non-hydrogen) atoms. The number of hydrogen-bond donors (Lipinski definition) is 1. The number of rotatable bonds is 7. The van der Waals surface area contributed by atoms with Crippen LogP contribution in [0.15, 0.2) is 47.8 Å². The topological polar surface area (TPSA) is 68.3 Å². The first kappa shape index (κ1) is 18.1. The Kier molecular flexibility index (Phi) is 5.96. The predicted molar refractivity (Wildman–Crippen MR) is 103 cm³/mol. The summed E-state index contributed by atoms with van der Waals surface area (Å²) in [5.41, 5.74) is 1.86. The van der Waals surface area contributed by atoms with E-state index < -0.39 is 5.97 Å². The molecule has 6 heteroatoms. The number of benzene rings is 1. The van der Waals surface area contributed by atoms with Crippen LogP contribution in [0, 0.1) is 0 Å². The summed E-state index contributed by atoms with van der Waals surface area (Å²) in [6.07, 6.45) is 1.90. The van der Waals surface area contributed by atoms with Gasteiger partial charge in [0, 0.05) is 11.9 Å². The second-order valence-corrected chi connectivity index (χ2v) is 6.78. The molecule has 0 spiro atoms. The molecule has 2 heterocycles. The Morgan fingerprint density at radius 2 is 2.04 bits per heavy atom. The lowest BCUT2D eigenvalue weighted by Crippen LogP contribution is -2.29. The van der Waals surface area contributed by atoms with E-state index in [1.54, 1.807) is 17.4 Å². The number of para-hydroxylation sites is 1. The van der Waals surface area contributed by atoms with Gasteiger partial charge in [-0.1, -0.05) is 37.6 Å². The van der Waals surface area contributed by atoms with Gasteiger partial charge in [0.15, 0.2) is 6.61 Å². The SMILES string of the molecule is CCCCNC(=O)COC(=O)c1cc(-c2cccs2)nc2ccccc12. The molecule has 1 N–H and O–H groups in total. The van der Waals surface area contributed by atoms with Crippen molar-refractivity contribution in [2.45, 2.75) is 19.8 Å². The summed E-state index contributed by atoms with van der Waals surface area (Å²) >= 11 is 1.56. The van der Waals surface area contributed by atoms with Crippen LogP contribution in [0.2, 0.25) is 0 Å². The number of carbonyl (C=O) groups is 2. The normalized spacial score (nSPS) is 10.7. The lowest BCUT2D eigenvalue weighted by molar-refractivity contribution is -0.124. The van der Waals surface area contributed by atoms with Crippen LogP contribution in [-0.4, -0.2) is 30.0 Å². The van der Waals surface area contributed by atoms with Crippen molar-refractivity contribution in [3.8, 4) is 10.6 Å². The molecule has 0 atom stereocenters. The van der Waals surface area contributed by atoms with Crippen molar-refractivity contribution < 1.29 is 14.3 Å². The molecule has 0 aliphatic heterocycles. The number of thiophene rings is 1. The van der Waals surface area contributed by atoms with Crippen molar-refractivity contribution in [3.05, 3.63) is 53.4 Å². The van der Waals surface area contributed by atoms with Gasteiger partial charge in [-0.25, -0.2) is 9.78 Å². The number of aromatic nitrogens is 1. The third-order valence-corrected chi connectivity index (χ3v) is 4.79. The highest BCUT2D eigenvalue weighted by atomic mass is 32.1. The first-order chi connectivity index (χ1) is 12.7. The third-order valence-electron chi connectivity index (χ3n) is 3.90. The molecule has 0 fully saturated rings. The van der Waals surface area contributed by atoms with Gasteiger partial charge in [0.2, 0.25) is 0 Å². The number of nitrogens with zero attached hydrogens (tertiary/aromatic N) is 1. The summed E-state index contributed by atoms with van der Waals surface area (Å²) in [6, 6.07) is 13.0. The first-order valence-corrected chi connectivity index (χ1v) is 9.44. The Morgan fingerprint density at radius 3 is 2.81 bits per heavy atom. The predicted octanol–water partition coefficient (Wildman–Crippen LogP) is 4.04. The van der Waals surface area contributed by atoms with Gasteiger partial charge in [-0.05, 0) is 30.0 Å². The molecule has 5 nitrogen and oxygen atoms in total. The van der Waals surface area contributed by atoms with Crippen LogP contribution in [0.5, 0.6) is 0 Å². The molecule has 0 bridgehead atoms. The zero-order valence-corrected chi connectivity index (χ0v) is 15.3. The van der Waals surface area contributed by atoms with Gasteiger partial charge in [0.25, 0.3) is 5.91 Å². The van der Waals surface area contributed by atoms with Crippen LogP contribution in [0.25, 0.3) is 21.5 Å². The number of hydrogen-bond acceptors (Lipinski definition) is 5. The van der Waals surface area contributed by atoms with E-state index in [1.165, 1.54) is 0 Å². The maximum atomic E-state index is 12.6. The van der Waals surface area contributed by atoms with Crippen LogP contribution in [-0.2, 0) is 9.53 Å². The number of ether oxygens (including phenoxy) is 1. The summed E-state index contributed by atoms with van der Waals surface area (Å²) in [6.45, 7) is 2.35. The highest BCUT2D eigenvalue weighted by Gasteiger charge is 2.16. The fourth-order valence-corrected chi connectivity index (χ4v) is 3.25. The van der Waals surface area contributed by atoms with E-state index in [0.29, 0.717) is 17.5 Å². The number of unbranched alkanes of at least 4 members (excludes halogenated alkanes) is 1. The molecular weight excluding hydrogens is 348 g/mol. The van der Waals surface area contributed by atoms with Gasteiger partial charge in [0.1, 0.15) is 0 Å². The van der Waals surface area contributed by atoms with Gasteiger partial charge in [0.05, 0.1) is 21.7 Å². The van der Waals surface area contributed by atoms with E-state index in [-0.39, 0.29) is 12.5 Å². The zero-order valence-electron chi connectivity index (χ0n) is 14.5. The van der Waals surface area contributed by atoms with Crippen molar-refractivity contribution in [1.82, 2.24) is 10.3 Å². The van der Waals surface area contributed by atoms with Crippen molar-refractivity contribution in [2.24, 2.45) is 0 Å². The summed E-state index contributed by atoms with van der Waals surface area (Å²) in [5, 5.41) is 5.41. The highest BCUT2D eigenvalue weighted by Crippen LogP contribution is 2.28. The maximum Gasteiger partial charge on any atom is 0.339 e. The quantitative estimate of drug-likeness (QED) is 0.505. The monoisotopic (exact) mass is 368 g/mol. The van der Waals surface area contributed by atoms with Gasteiger partial charge >= 0.3 is 5.97 Å². The average Bonchev–Trinajstić information content (AvgIpc) is 3.20. The standard InChI is InChI=1S/C20H20N2O3S/c1-2-3-10-21-19(23)13-25-20(24)15-12-17(18-9-6-11-26-18)22-16-8-5-4-7-14(15)16/h4-9,11-12H,2-3,10,13H2,1H3,(H,21,23). The molecule has 0 unspecified atom stereocenters. The molecule has 3 rings (SSSR count). The van der Waals surface area contributed by atoms with Gasteiger partial charge in [-0.15, -0.1) is 11.3 Å². The molecule has 0 saturated heterocycles. The minimum Gasteiger partial charge on any atom is -0.452 e. The summed E-state index contributed by atoms with van der Waals surface area (Å²) in [5.74, 6) is -0.810. The lowest BCUT2D eigenvalue weighted by Gasteiger charge is -2.09. The summed E-state index contributed by atoms with van der Waals surface area (Å²) in [4.78, 5) is 30.0. The minimum absolute atomic E-state index is 0.284. The molecular formula is C20H20N2O3S. The zero-order chi connectivity index (χ0) is 18.4. The molecule has 0 saturated carbocycles. The smallest absolute Gasteiger partial charge is 0.339 e. The molecule has 134 valence electrons. The molecule has 0 aliphatic rings. The van der Waals surface area contributed by atoms with E-state index in [9.17, 15) is 9.59 Å². The van der Waals surface area contributed by atoms with Crippen molar-refractivity contribution in [3.63, 3.8) is 0 Å². The maximum absolute atomic E-state index is 12.6. The van der Waals surface area contributed by atoms with E-state index in [4.69, 9.17) is 4.74 Å². The summed E-state index contributed by atoms with van der Waals surface area (Å²) in [7, 11) is 0. The minimum atomic E-state index is -0.521. The Bertz CT molecular complexity index is 907. The van der Waals surface area contributed by atoms with E-state index >= 15 is 0 Å². The first-order valence-electron chi connectivity index (χ1n) is 8.56. The van der Waals surface area contributed by atoms with E-state index in [1.807, 2.05) is 48.7 Å². The largest absolute Gasteiger partial charge is 0.452 e.